The zero-order valence-electron chi connectivity index (χ0n) is 34.2. The number of anilines is 3. The summed E-state index contributed by atoms with van der Waals surface area (Å²) in [4.78, 5) is 3.76. The largest absolute Gasteiger partial charge is 0.311 e. The van der Waals surface area contributed by atoms with Gasteiger partial charge in [0.05, 0.1) is 0 Å². The summed E-state index contributed by atoms with van der Waals surface area (Å²) in [7, 11) is 0. The van der Waals surface area contributed by atoms with E-state index in [0.717, 1.165) is 23.5 Å². The number of thioether (sulfide) groups is 1. The second-order valence-corrected chi connectivity index (χ2v) is 17.2. The van der Waals surface area contributed by atoms with Crippen molar-refractivity contribution in [2.24, 2.45) is 0 Å². The van der Waals surface area contributed by atoms with Gasteiger partial charge in [0.15, 0.2) is 0 Å². The van der Waals surface area contributed by atoms with Crippen molar-refractivity contribution in [3.8, 4) is 66.8 Å². The van der Waals surface area contributed by atoms with Gasteiger partial charge in [0, 0.05) is 27.2 Å². The molecule has 0 saturated heterocycles. The first-order valence-corrected chi connectivity index (χ1v) is 22.3. The Hall–Kier alpha value is -7.39. The van der Waals surface area contributed by atoms with Crippen LogP contribution in [0.15, 0.2) is 248 Å². The summed E-state index contributed by atoms with van der Waals surface area (Å²) in [5, 5.41) is 0.514. The van der Waals surface area contributed by atoms with Crippen LogP contribution >= 0.6 is 11.8 Å². The fourth-order valence-corrected chi connectivity index (χ4v) is 10.5. The first kappa shape index (κ1) is 37.6. The number of benzene rings is 9. The highest BCUT2D eigenvalue weighted by Gasteiger charge is 2.30. The SMILES string of the molecule is C1=CCC2Sc3c(cccc3-c3ccc(-c4ccc(-c5ccccc5)cc4-c4ccc(N(c5ccc(-c6ccccc6)cc5)c5ccc(-c6ccccc6)cc5)cc4)cc3)C2=C1. The molecule has 1 heterocycles. The van der Waals surface area contributed by atoms with Gasteiger partial charge in [-0.25, -0.2) is 0 Å². The van der Waals surface area contributed by atoms with Crippen LogP contribution in [0.2, 0.25) is 0 Å². The van der Waals surface area contributed by atoms with Gasteiger partial charge < -0.3 is 4.90 Å². The first-order valence-electron chi connectivity index (χ1n) is 21.4. The molecule has 2 aliphatic rings. The van der Waals surface area contributed by atoms with Gasteiger partial charge in [0.1, 0.15) is 0 Å². The van der Waals surface area contributed by atoms with E-state index in [0.29, 0.717) is 5.25 Å². The standard InChI is InChI=1S/C60H43NS/c1-4-13-42(14-5-1)45-27-34-51(35-28-45)61(52-36-29-46(30-37-52)43-15-6-2-7-16-43)53-38-31-49(32-39-53)58-41-50(44-17-8-3-9-18-44)33-40-54(58)47-23-25-48(26-24-47)55-20-12-21-57-56-19-10-11-22-59(56)62-60(55)57/h1-21,23-41,59H,22H2. The maximum atomic E-state index is 2.36. The minimum absolute atomic E-state index is 0.514. The van der Waals surface area contributed by atoms with E-state index >= 15 is 0 Å². The van der Waals surface area contributed by atoms with E-state index in [-0.39, 0.29) is 0 Å². The topological polar surface area (TPSA) is 3.24 Å². The van der Waals surface area contributed by atoms with Gasteiger partial charge in [-0.05, 0) is 127 Å². The van der Waals surface area contributed by atoms with E-state index in [1.807, 2.05) is 11.8 Å². The fraction of sp³-hybridized carbons (Fsp3) is 0.0333. The highest BCUT2D eigenvalue weighted by atomic mass is 32.2. The van der Waals surface area contributed by atoms with Crippen molar-refractivity contribution in [1.29, 1.82) is 0 Å². The Labute approximate surface area is 369 Å². The second kappa shape index (κ2) is 16.6. The Morgan fingerprint density at radius 1 is 0.339 bits per heavy atom. The zero-order chi connectivity index (χ0) is 41.2. The lowest BCUT2D eigenvalue weighted by molar-refractivity contribution is 1.09. The zero-order valence-corrected chi connectivity index (χ0v) is 35.1. The quantitative estimate of drug-likeness (QED) is 0.143. The molecular formula is C60H43NS. The summed E-state index contributed by atoms with van der Waals surface area (Å²) in [5.41, 5.74) is 20.7. The van der Waals surface area contributed by atoms with Crippen LogP contribution in [-0.4, -0.2) is 5.25 Å². The van der Waals surface area contributed by atoms with Gasteiger partial charge in [-0.1, -0.05) is 200 Å². The maximum Gasteiger partial charge on any atom is 0.0462 e. The van der Waals surface area contributed by atoms with Crippen LogP contribution in [-0.2, 0) is 0 Å². The van der Waals surface area contributed by atoms with Crippen molar-refractivity contribution in [2.45, 2.75) is 16.6 Å². The van der Waals surface area contributed by atoms with Crippen molar-refractivity contribution >= 4 is 34.4 Å². The number of hydrogen-bond acceptors (Lipinski definition) is 2. The number of nitrogens with zero attached hydrogens (tertiary/aromatic N) is 1. The molecule has 1 unspecified atom stereocenters. The number of hydrogen-bond donors (Lipinski definition) is 0. The molecule has 1 atom stereocenters. The first-order chi connectivity index (χ1) is 30.7. The van der Waals surface area contributed by atoms with Crippen LogP contribution in [0.25, 0.3) is 72.3 Å². The molecule has 1 aliphatic heterocycles. The highest BCUT2D eigenvalue weighted by Crippen LogP contribution is 2.51. The Morgan fingerprint density at radius 3 is 1.31 bits per heavy atom. The van der Waals surface area contributed by atoms with E-state index in [1.165, 1.54) is 82.8 Å². The summed E-state index contributed by atoms with van der Waals surface area (Å²) in [6.45, 7) is 0. The Morgan fingerprint density at radius 2 is 0.758 bits per heavy atom. The van der Waals surface area contributed by atoms with Crippen LogP contribution in [0.5, 0.6) is 0 Å². The molecule has 1 nitrogen and oxygen atoms in total. The minimum atomic E-state index is 0.514. The normalized spacial score (nSPS) is 13.9. The minimum Gasteiger partial charge on any atom is -0.311 e. The molecular weight excluding hydrogens is 767 g/mol. The van der Waals surface area contributed by atoms with Crippen molar-refractivity contribution in [2.75, 3.05) is 4.90 Å². The molecule has 0 aromatic heterocycles. The molecule has 0 amide bonds. The second-order valence-electron chi connectivity index (χ2n) is 16.0. The molecule has 2 heteroatoms. The van der Waals surface area contributed by atoms with Gasteiger partial charge in [-0.2, -0.15) is 0 Å². The monoisotopic (exact) mass is 809 g/mol. The summed E-state index contributed by atoms with van der Waals surface area (Å²) in [5.74, 6) is 0. The van der Waals surface area contributed by atoms with Crippen molar-refractivity contribution in [3.63, 3.8) is 0 Å². The average molecular weight is 810 g/mol. The lowest BCUT2D eigenvalue weighted by Gasteiger charge is -2.26. The van der Waals surface area contributed by atoms with Gasteiger partial charge in [0.25, 0.3) is 0 Å². The van der Waals surface area contributed by atoms with Crippen LogP contribution in [0.1, 0.15) is 12.0 Å². The lowest BCUT2D eigenvalue weighted by Crippen LogP contribution is -2.09. The fourth-order valence-electron chi connectivity index (χ4n) is 9.02. The van der Waals surface area contributed by atoms with E-state index in [9.17, 15) is 0 Å². The van der Waals surface area contributed by atoms with Gasteiger partial charge in [0.2, 0.25) is 0 Å². The van der Waals surface area contributed by atoms with E-state index < -0.39 is 0 Å². The van der Waals surface area contributed by atoms with Crippen molar-refractivity contribution in [3.05, 3.63) is 248 Å². The van der Waals surface area contributed by atoms with Gasteiger partial charge in [-0.15, -0.1) is 11.8 Å². The molecule has 294 valence electrons. The number of fused-ring (bicyclic) bond motifs is 3. The van der Waals surface area contributed by atoms with Crippen LogP contribution in [0.4, 0.5) is 17.1 Å². The van der Waals surface area contributed by atoms with E-state index in [1.54, 1.807) is 0 Å². The Kier molecular flexibility index (Phi) is 10.1. The molecule has 0 spiro atoms. The van der Waals surface area contributed by atoms with Crippen LogP contribution < -0.4 is 4.90 Å². The van der Waals surface area contributed by atoms with Crippen molar-refractivity contribution in [1.82, 2.24) is 0 Å². The van der Waals surface area contributed by atoms with E-state index in [4.69, 9.17) is 0 Å². The van der Waals surface area contributed by atoms with Crippen molar-refractivity contribution < 1.29 is 0 Å². The molecule has 0 radical (unpaired) electrons. The maximum absolute atomic E-state index is 2.36. The number of allylic oxidation sites excluding steroid dienone is 3. The molecule has 1 aliphatic carbocycles. The third-order valence-electron chi connectivity index (χ3n) is 12.2. The predicted molar refractivity (Wildman–Crippen MR) is 265 cm³/mol. The Balaban J connectivity index is 0.967. The van der Waals surface area contributed by atoms with E-state index in [2.05, 4.69) is 248 Å². The van der Waals surface area contributed by atoms with Crippen LogP contribution in [0.3, 0.4) is 0 Å². The molecule has 0 bridgehead atoms. The third kappa shape index (κ3) is 7.29. The predicted octanol–water partition coefficient (Wildman–Crippen LogP) is 17.0. The molecule has 62 heavy (non-hydrogen) atoms. The number of rotatable bonds is 9. The summed E-state index contributed by atoms with van der Waals surface area (Å²) in [6, 6.07) is 81.7. The van der Waals surface area contributed by atoms with Gasteiger partial charge >= 0.3 is 0 Å². The van der Waals surface area contributed by atoms with Crippen LogP contribution in [0, 0.1) is 0 Å². The molecule has 9 aromatic rings. The molecule has 0 saturated carbocycles. The smallest absolute Gasteiger partial charge is 0.0462 e. The average Bonchev–Trinajstić information content (AvgIpc) is 3.75. The molecule has 0 fully saturated rings. The third-order valence-corrected chi connectivity index (χ3v) is 13.6. The summed E-state index contributed by atoms with van der Waals surface area (Å²) < 4.78 is 0. The highest BCUT2D eigenvalue weighted by molar-refractivity contribution is 8.01. The summed E-state index contributed by atoms with van der Waals surface area (Å²) >= 11 is 2.02. The summed E-state index contributed by atoms with van der Waals surface area (Å²) in [6.07, 6.45) is 7.90. The van der Waals surface area contributed by atoms with Gasteiger partial charge in [-0.3, -0.25) is 0 Å². The Bertz CT molecular complexity index is 2980. The molecule has 9 aromatic carbocycles. The molecule has 0 N–H and O–H groups in total. The molecule has 11 rings (SSSR count). The lowest BCUT2D eigenvalue weighted by atomic mass is 9.90.